The fourth-order valence-electron chi connectivity index (χ4n) is 2.75. The van der Waals surface area contributed by atoms with E-state index in [0.717, 1.165) is 25.9 Å². The summed E-state index contributed by atoms with van der Waals surface area (Å²) in [7, 11) is 1.19. The Balaban J connectivity index is 1.86. The quantitative estimate of drug-likeness (QED) is 0.415. The second-order valence-electron chi connectivity index (χ2n) is 5.71. The summed E-state index contributed by atoms with van der Waals surface area (Å²) in [6.07, 6.45) is 1.94. The minimum Gasteiger partial charge on any atom is -0.468 e. The van der Waals surface area contributed by atoms with Gasteiger partial charge in [-0.05, 0) is 38.1 Å². The third-order valence-corrected chi connectivity index (χ3v) is 4.09. The van der Waals surface area contributed by atoms with Crippen molar-refractivity contribution in [1.29, 1.82) is 0 Å². The molecule has 0 saturated carbocycles. The highest BCUT2D eigenvalue weighted by atomic mass is 16.5. The van der Waals surface area contributed by atoms with Crippen molar-refractivity contribution in [1.82, 2.24) is 10.3 Å². The van der Waals surface area contributed by atoms with Crippen molar-refractivity contribution in [3.8, 4) is 0 Å². The summed E-state index contributed by atoms with van der Waals surface area (Å²) in [4.78, 5) is 28.3. The summed E-state index contributed by atoms with van der Waals surface area (Å²) in [5, 5.41) is 6.53. The van der Waals surface area contributed by atoms with E-state index >= 15 is 0 Å². The van der Waals surface area contributed by atoms with Crippen molar-refractivity contribution in [2.75, 3.05) is 25.5 Å². The van der Waals surface area contributed by atoms with Crippen LogP contribution in [0.1, 0.15) is 23.2 Å². The monoisotopic (exact) mass is 332 g/mol. The Morgan fingerprint density at radius 1 is 1.42 bits per heavy atom. The maximum absolute atomic E-state index is 12.4. The second-order valence-corrected chi connectivity index (χ2v) is 5.71. The smallest absolute Gasteiger partial charge is 0.330 e. The number of hydrogen-bond acceptors (Lipinski definition) is 8. The number of nitrogens with two attached hydrogens (primary N) is 1. The van der Waals surface area contributed by atoms with Crippen LogP contribution in [0, 0.1) is 0 Å². The minimum atomic E-state index is -1.38. The molecule has 1 aliphatic rings. The molecule has 2 heterocycles. The number of nitrogens with zero attached hydrogens (tertiary/aromatic N) is 1. The van der Waals surface area contributed by atoms with Crippen molar-refractivity contribution in [3.05, 3.63) is 23.8 Å². The minimum absolute atomic E-state index is 0.243. The molecule has 1 fully saturated rings. The van der Waals surface area contributed by atoms with Crippen LogP contribution in [0.2, 0.25) is 0 Å². The van der Waals surface area contributed by atoms with E-state index < -0.39 is 17.8 Å². The van der Waals surface area contributed by atoms with Gasteiger partial charge in [-0.2, -0.15) is 4.98 Å². The maximum atomic E-state index is 12.4. The molecule has 0 bridgehead atoms. The molecule has 4 N–H and O–H groups in total. The van der Waals surface area contributed by atoms with E-state index in [1.54, 1.807) is 18.2 Å². The van der Waals surface area contributed by atoms with Gasteiger partial charge in [-0.15, -0.1) is 0 Å². The normalized spacial score (nSPS) is 16.8. The third kappa shape index (κ3) is 3.24. The zero-order valence-corrected chi connectivity index (χ0v) is 13.4. The Bertz CT molecular complexity index is 752. The first-order chi connectivity index (χ1) is 11.6. The number of piperidine rings is 1. The molecule has 128 valence electrons. The molecule has 2 aromatic rings. The molecule has 0 aliphatic carbocycles. The summed E-state index contributed by atoms with van der Waals surface area (Å²) in [6, 6.07) is 4.22. The highest BCUT2D eigenvalue weighted by Gasteiger charge is 2.27. The molecule has 0 radical (unpaired) electrons. The number of oxazole rings is 1. The van der Waals surface area contributed by atoms with E-state index in [1.165, 1.54) is 7.11 Å². The van der Waals surface area contributed by atoms with Crippen molar-refractivity contribution < 1.29 is 18.7 Å². The number of fused-ring (bicyclic) bond motifs is 1. The van der Waals surface area contributed by atoms with Gasteiger partial charge in [0.05, 0.1) is 7.11 Å². The number of carbonyl (C=O) groups is 2. The van der Waals surface area contributed by atoms with Crippen LogP contribution in [0.3, 0.4) is 0 Å². The number of benzene rings is 1. The summed E-state index contributed by atoms with van der Waals surface area (Å²) in [5.41, 5.74) is 6.74. The largest absolute Gasteiger partial charge is 0.468 e. The number of para-hydroxylation sites is 1. The number of esters is 1. The zero-order valence-electron chi connectivity index (χ0n) is 13.4. The predicted octanol–water partition coefficient (Wildman–Crippen LogP) is 0.675. The van der Waals surface area contributed by atoms with E-state index in [9.17, 15) is 9.59 Å². The molecular formula is C16H20N4O4. The van der Waals surface area contributed by atoms with Crippen LogP contribution in [-0.2, 0) is 9.53 Å². The van der Waals surface area contributed by atoms with Crippen LogP contribution in [0.4, 0.5) is 6.01 Å². The number of hydrogen-bond donors (Lipinski definition) is 3. The average molecular weight is 332 g/mol. The Hall–Kier alpha value is -2.45. The van der Waals surface area contributed by atoms with Gasteiger partial charge in [-0.1, -0.05) is 6.07 Å². The lowest BCUT2D eigenvalue weighted by Crippen LogP contribution is -2.39. The number of nitrogens with one attached hydrogen (secondary N) is 2. The first-order valence-corrected chi connectivity index (χ1v) is 7.84. The molecule has 0 spiro atoms. The van der Waals surface area contributed by atoms with Crippen molar-refractivity contribution in [2.45, 2.75) is 24.9 Å². The van der Waals surface area contributed by atoms with Crippen LogP contribution in [0.25, 0.3) is 11.1 Å². The fourth-order valence-corrected chi connectivity index (χ4v) is 2.75. The molecule has 1 unspecified atom stereocenters. The lowest BCUT2D eigenvalue weighted by molar-refractivity contribution is -0.140. The van der Waals surface area contributed by atoms with E-state index in [2.05, 4.69) is 20.4 Å². The van der Waals surface area contributed by atoms with Crippen molar-refractivity contribution in [3.63, 3.8) is 0 Å². The van der Waals surface area contributed by atoms with Crippen LogP contribution in [-0.4, -0.2) is 49.0 Å². The first-order valence-electron chi connectivity index (χ1n) is 7.84. The molecule has 1 aromatic heterocycles. The lowest BCUT2D eigenvalue weighted by Gasteiger charge is -2.22. The fraction of sp³-hybridized carbons (Fsp3) is 0.438. The Morgan fingerprint density at radius 2 is 2.17 bits per heavy atom. The van der Waals surface area contributed by atoms with E-state index in [1.807, 2.05) is 0 Å². The zero-order chi connectivity index (χ0) is 17.1. The number of ketones is 1. The molecule has 3 rings (SSSR count). The van der Waals surface area contributed by atoms with Gasteiger partial charge >= 0.3 is 5.97 Å². The van der Waals surface area contributed by atoms with Gasteiger partial charge in [0.2, 0.25) is 0 Å². The highest BCUT2D eigenvalue weighted by Crippen LogP contribution is 2.24. The molecule has 1 aromatic carbocycles. The molecular weight excluding hydrogens is 312 g/mol. The van der Waals surface area contributed by atoms with Gasteiger partial charge in [-0.25, -0.2) is 4.79 Å². The van der Waals surface area contributed by atoms with Gasteiger partial charge in [0.15, 0.2) is 17.4 Å². The van der Waals surface area contributed by atoms with Gasteiger partial charge in [0, 0.05) is 11.6 Å². The standard InChI is InChI=1S/C16H20N4O4/c1-23-15(22)12(17)14(21)10-3-2-4-11-13(10)20-16(24-11)19-9-5-7-18-8-6-9/h2-4,9,12,18H,5-8,17H2,1H3,(H,19,20). The SMILES string of the molecule is COC(=O)C(N)C(=O)c1cccc2oc(NC3CCNCC3)nc12. The van der Waals surface area contributed by atoms with E-state index in [0.29, 0.717) is 17.1 Å². The maximum Gasteiger partial charge on any atom is 0.330 e. The predicted molar refractivity (Wildman–Crippen MR) is 87.8 cm³/mol. The molecule has 8 nitrogen and oxygen atoms in total. The van der Waals surface area contributed by atoms with Gasteiger partial charge in [0.1, 0.15) is 5.52 Å². The summed E-state index contributed by atoms with van der Waals surface area (Å²) >= 11 is 0. The Labute approximate surface area is 138 Å². The third-order valence-electron chi connectivity index (χ3n) is 4.09. The van der Waals surface area contributed by atoms with Gasteiger partial charge < -0.3 is 25.5 Å². The topological polar surface area (TPSA) is 119 Å². The summed E-state index contributed by atoms with van der Waals surface area (Å²) in [5.74, 6) is -1.33. The molecule has 24 heavy (non-hydrogen) atoms. The van der Waals surface area contributed by atoms with Crippen LogP contribution in [0.5, 0.6) is 0 Å². The average Bonchev–Trinajstić information content (AvgIpc) is 3.02. The van der Waals surface area contributed by atoms with Crippen LogP contribution < -0.4 is 16.4 Å². The molecule has 1 saturated heterocycles. The Morgan fingerprint density at radius 3 is 2.88 bits per heavy atom. The van der Waals surface area contributed by atoms with Crippen LogP contribution in [0.15, 0.2) is 22.6 Å². The van der Waals surface area contributed by atoms with Crippen molar-refractivity contribution in [2.24, 2.45) is 5.73 Å². The van der Waals surface area contributed by atoms with Crippen molar-refractivity contribution >= 4 is 28.9 Å². The lowest BCUT2D eigenvalue weighted by atomic mass is 10.0. The number of ether oxygens (including phenoxy) is 1. The van der Waals surface area contributed by atoms with Crippen LogP contribution >= 0.6 is 0 Å². The second kappa shape index (κ2) is 6.98. The van der Waals surface area contributed by atoms with E-state index in [-0.39, 0.29) is 11.6 Å². The number of rotatable bonds is 5. The molecule has 8 heteroatoms. The molecule has 1 atom stereocenters. The first kappa shape index (κ1) is 16.4. The molecule has 0 amide bonds. The summed E-state index contributed by atoms with van der Waals surface area (Å²) < 4.78 is 10.2. The Kier molecular flexibility index (Phi) is 4.77. The number of carbonyl (C=O) groups excluding carboxylic acids is 2. The summed E-state index contributed by atoms with van der Waals surface area (Å²) in [6.45, 7) is 1.88. The highest BCUT2D eigenvalue weighted by molar-refractivity contribution is 6.16. The number of methoxy groups -OCH3 is 1. The van der Waals surface area contributed by atoms with E-state index in [4.69, 9.17) is 10.2 Å². The van der Waals surface area contributed by atoms with Gasteiger partial charge in [-0.3, -0.25) is 4.79 Å². The van der Waals surface area contributed by atoms with Gasteiger partial charge in [0.25, 0.3) is 6.01 Å². The number of anilines is 1. The molecule has 1 aliphatic heterocycles. The number of aromatic nitrogens is 1. The number of Topliss-reactive ketones (excluding diaryl/α,β-unsaturated/α-hetero) is 1.